The van der Waals surface area contributed by atoms with E-state index in [0.29, 0.717) is 6.04 Å². The quantitative estimate of drug-likeness (QED) is 0.359. The molecular weight excluding hydrogens is 493 g/mol. The van der Waals surface area contributed by atoms with E-state index in [1.165, 1.54) is 25.1 Å². The molecule has 3 fully saturated rings. The summed E-state index contributed by atoms with van der Waals surface area (Å²) in [4.78, 5) is 12.3. The first kappa shape index (κ1) is 23.4. The van der Waals surface area contributed by atoms with E-state index < -0.39 is 0 Å². The van der Waals surface area contributed by atoms with Crippen molar-refractivity contribution in [1.29, 1.82) is 0 Å². The van der Waals surface area contributed by atoms with Crippen LogP contribution < -0.4 is 15.0 Å². The minimum Gasteiger partial charge on any atom is -0.495 e. The maximum absolute atomic E-state index is 6.09. The molecule has 1 N–H and O–H groups in total. The lowest BCUT2D eigenvalue weighted by Crippen LogP contribution is -2.53. The molecule has 4 rings (SSSR count). The number of nitrogens with zero attached hydrogens (tertiary/aromatic N) is 4. The summed E-state index contributed by atoms with van der Waals surface area (Å²) in [6.07, 6.45) is 2.81. The van der Waals surface area contributed by atoms with Gasteiger partial charge in [-0.25, -0.2) is 0 Å². The molecule has 0 bridgehead atoms. The van der Waals surface area contributed by atoms with Gasteiger partial charge in [0.05, 0.1) is 32.1 Å². The van der Waals surface area contributed by atoms with Crippen LogP contribution >= 0.6 is 24.0 Å². The van der Waals surface area contributed by atoms with Gasteiger partial charge in [-0.3, -0.25) is 9.89 Å². The Morgan fingerprint density at radius 2 is 2.00 bits per heavy atom. The molecule has 0 aromatic heterocycles. The zero-order valence-corrected chi connectivity index (χ0v) is 20.6. The number of fused-ring (bicyclic) bond motifs is 1. The van der Waals surface area contributed by atoms with Crippen molar-refractivity contribution in [3.8, 4) is 5.75 Å². The highest BCUT2D eigenvalue weighted by Gasteiger charge is 2.32. The Kier molecular flexibility index (Phi) is 8.88. The molecule has 0 aliphatic carbocycles. The van der Waals surface area contributed by atoms with Crippen LogP contribution in [0.1, 0.15) is 19.8 Å². The number of morpholine rings is 1. The van der Waals surface area contributed by atoms with E-state index in [0.717, 1.165) is 64.1 Å². The summed E-state index contributed by atoms with van der Waals surface area (Å²) in [6, 6.07) is 8.91. The van der Waals surface area contributed by atoms with E-state index in [2.05, 4.69) is 39.1 Å². The maximum Gasteiger partial charge on any atom is 0.194 e. The topological polar surface area (TPSA) is 52.6 Å². The van der Waals surface area contributed by atoms with Gasteiger partial charge in [-0.2, -0.15) is 0 Å². The van der Waals surface area contributed by atoms with Crippen LogP contribution in [0.3, 0.4) is 0 Å². The highest BCUT2D eigenvalue weighted by atomic mass is 127. The van der Waals surface area contributed by atoms with Gasteiger partial charge in [0, 0.05) is 45.3 Å². The van der Waals surface area contributed by atoms with E-state index in [9.17, 15) is 0 Å². The summed E-state index contributed by atoms with van der Waals surface area (Å²) in [5.74, 6) is 1.95. The monoisotopic (exact) mass is 529 g/mol. The Labute approximate surface area is 197 Å². The van der Waals surface area contributed by atoms with Gasteiger partial charge in [-0.15, -0.1) is 24.0 Å². The van der Waals surface area contributed by atoms with Crippen LogP contribution in [0.5, 0.6) is 5.75 Å². The third-order valence-electron chi connectivity index (χ3n) is 6.25. The number of guanidine groups is 1. The van der Waals surface area contributed by atoms with Crippen LogP contribution in [0.4, 0.5) is 5.69 Å². The molecule has 30 heavy (non-hydrogen) atoms. The van der Waals surface area contributed by atoms with E-state index in [4.69, 9.17) is 14.5 Å². The molecular formula is C22H36IN5O2. The molecule has 0 amide bonds. The second-order valence-corrected chi connectivity index (χ2v) is 8.09. The van der Waals surface area contributed by atoms with Crippen molar-refractivity contribution in [2.75, 3.05) is 71.0 Å². The van der Waals surface area contributed by atoms with Crippen molar-refractivity contribution < 1.29 is 9.47 Å². The minimum atomic E-state index is 0. The molecule has 3 saturated heterocycles. The summed E-state index contributed by atoms with van der Waals surface area (Å²) in [5.41, 5.74) is 1.17. The van der Waals surface area contributed by atoms with Gasteiger partial charge < -0.3 is 24.6 Å². The van der Waals surface area contributed by atoms with Crippen LogP contribution in [0.15, 0.2) is 29.3 Å². The lowest BCUT2D eigenvalue weighted by Gasteiger charge is -2.38. The zero-order chi connectivity index (χ0) is 20.1. The summed E-state index contributed by atoms with van der Waals surface area (Å²) < 4.78 is 11.6. The predicted octanol–water partition coefficient (Wildman–Crippen LogP) is 2.26. The van der Waals surface area contributed by atoms with Crippen LogP contribution in [-0.2, 0) is 4.74 Å². The fraction of sp³-hybridized carbons (Fsp3) is 0.682. The van der Waals surface area contributed by atoms with Gasteiger partial charge in [-0.1, -0.05) is 12.1 Å². The lowest BCUT2D eigenvalue weighted by molar-refractivity contribution is -0.0432. The third-order valence-corrected chi connectivity index (χ3v) is 6.25. The first-order valence-corrected chi connectivity index (χ1v) is 11.1. The Bertz CT molecular complexity index is 696. The number of ether oxygens (including phenoxy) is 2. The van der Waals surface area contributed by atoms with E-state index in [-0.39, 0.29) is 30.1 Å². The summed E-state index contributed by atoms with van der Waals surface area (Å²) >= 11 is 0. The van der Waals surface area contributed by atoms with E-state index >= 15 is 0 Å². The third kappa shape index (κ3) is 5.50. The maximum atomic E-state index is 6.09. The second-order valence-electron chi connectivity index (χ2n) is 8.09. The Balaban J connectivity index is 0.00000256. The van der Waals surface area contributed by atoms with Gasteiger partial charge in [0.25, 0.3) is 0 Å². The number of piperazine rings is 1. The Morgan fingerprint density at radius 1 is 1.20 bits per heavy atom. The van der Waals surface area contributed by atoms with Gasteiger partial charge >= 0.3 is 0 Å². The van der Waals surface area contributed by atoms with Crippen LogP contribution in [0.25, 0.3) is 0 Å². The number of halogens is 1. The van der Waals surface area contributed by atoms with E-state index in [1.807, 2.05) is 12.1 Å². The van der Waals surface area contributed by atoms with Crippen molar-refractivity contribution in [3.63, 3.8) is 0 Å². The van der Waals surface area contributed by atoms with Crippen molar-refractivity contribution in [2.24, 2.45) is 4.99 Å². The molecule has 3 aliphatic rings. The smallest absolute Gasteiger partial charge is 0.194 e. The Morgan fingerprint density at radius 3 is 2.77 bits per heavy atom. The van der Waals surface area contributed by atoms with Gasteiger partial charge in [0.2, 0.25) is 0 Å². The molecule has 0 spiro atoms. The summed E-state index contributed by atoms with van der Waals surface area (Å²) in [7, 11) is 1.74. The SMILES string of the molecule is CCNC(=NCC1CN2CCCC2CO1)N1CCN(c2ccccc2OC)CC1.I. The zero-order valence-electron chi connectivity index (χ0n) is 18.3. The molecule has 3 aliphatic heterocycles. The standard InChI is InChI=1S/C22H35N5O2.HI/c1-3-23-22(24-15-19-16-27-10-6-7-18(27)17-29-19)26-13-11-25(12-14-26)20-8-4-5-9-21(20)28-2;/h4-5,8-9,18-19H,3,6-7,10-17H2,1-2H3,(H,23,24);1H. The molecule has 0 saturated carbocycles. The van der Waals surface area contributed by atoms with Crippen molar-refractivity contribution in [3.05, 3.63) is 24.3 Å². The average Bonchev–Trinajstić information content (AvgIpc) is 3.25. The molecule has 7 nitrogen and oxygen atoms in total. The minimum absolute atomic E-state index is 0. The second kappa shape index (κ2) is 11.4. The number of benzene rings is 1. The number of hydrogen-bond donors (Lipinski definition) is 1. The molecule has 3 heterocycles. The van der Waals surface area contributed by atoms with Gasteiger partial charge in [-0.05, 0) is 38.4 Å². The highest BCUT2D eigenvalue weighted by molar-refractivity contribution is 14.0. The fourth-order valence-corrected chi connectivity index (χ4v) is 4.66. The molecule has 8 heteroatoms. The number of rotatable bonds is 5. The van der Waals surface area contributed by atoms with Crippen molar-refractivity contribution >= 4 is 35.6 Å². The number of nitrogens with one attached hydrogen (secondary N) is 1. The molecule has 1 aromatic rings. The molecule has 2 unspecified atom stereocenters. The Hall–Kier alpha value is -1.26. The average molecular weight is 529 g/mol. The highest BCUT2D eigenvalue weighted by Crippen LogP contribution is 2.28. The van der Waals surface area contributed by atoms with E-state index in [1.54, 1.807) is 7.11 Å². The first-order chi connectivity index (χ1) is 14.3. The number of methoxy groups -OCH3 is 1. The molecule has 1 aromatic carbocycles. The number of hydrogen-bond acceptors (Lipinski definition) is 5. The van der Waals surface area contributed by atoms with Crippen LogP contribution in [-0.4, -0.2) is 94.0 Å². The van der Waals surface area contributed by atoms with Crippen molar-refractivity contribution in [1.82, 2.24) is 15.1 Å². The lowest BCUT2D eigenvalue weighted by atomic mass is 10.2. The molecule has 168 valence electrons. The fourth-order valence-electron chi connectivity index (χ4n) is 4.66. The van der Waals surface area contributed by atoms with Gasteiger partial charge in [0.15, 0.2) is 5.96 Å². The largest absolute Gasteiger partial charge is 0.495 e. The predicted molar refractivity (Wildman–Crippen MR) is 133 cm³/mol. The van der Waals surface area contributed by atoms with Crippen molar-refractivity contribution in [2.45, 2.75) is 31.9 Å². The van der Waals surface area contributed by atoms with Crippen LogP contribution in [0, 0.1) is 0 Å². The normalized spacial score (nSPS) is 24.9. The van der Waals surface area contributed by atoms with Gasteiger partial charge in [0.1, 0.15) is 5.75 Å². The summed E-state index contributed by atoms with van der Waals surface area (Å²) in [5, 5.41) is 3.48. The number of para-hydroxylation sites is 2. The first-order valence-electron chi connectivity index (χ1n) is 11.1. The number of anilines is 1. The summed E-state index contributed by atoms with van der Waals surface area (Å²) in [6.45, 7) is 10.7. The molecule has 0 radical (unpaired) electrons. The molecule has 2 atom stereocenters. The number of aliphatic imine (C=N–C) groups is 1. The van der Waals surface area contributed by atoms with Crippen LogP contribution in [0.2, 0.25) is 0 Å².